The van der Waals surface area contributed by atoms with Gasteiger partial charge in [0.2, 0.25) is 5.91 Å². The van der Waals surface area contributed by atoms with Crippen LogP contribution in [0.25, 0.3) is 11.1 Å². The van der Waals surface area contributed by atoms with Crippen LogP contribution in [0.2, 0.25) is 0 Å². The first kappa shape index (κ1) is 28.2. The number of aryl methyl sites for hydroxylation is 1. The maximum Gasteiger partial charge on any atom is 0.235 e. The number of nitriles is 1. The Balaban J connectivity index is 1.77. The summed E-state index contributed by atoms with van der Waals surface area (Å²) in [7, 11) is 2.91. The number of phenols is 1. The highest BCUT2D eigenvalue weighted by Gasteiger charge is 2.78. The first-order valence-electron chi connectivity index (χ1n) is 13.1. The number of carbonyl (C=O) groups excluding carboxylic acids is 5. The highest BCUT2D eigenvalue weighted by Crippen LogP contribution is 2.56. The third kappa shape index (κ3) is 3.49. The molecular weight excluding hydrogens is 528 g/mol. The Morgan fingerprint density at radius 3 is 2.44 bits per heavy atom. The molecule has 3 aliphatic rings. The van der Waals surface area contributed by atoms with Gasteiger partial charge in [0.1, 0.15) is 11.7 Å². The van der Waals surface area contributed by atoms with Gasteiger partial charge in [-0.3, -0.25) is 33.9 Å². The van der Waals surface area contributed by atoms with Crippen LogP contribution in [-0.4, -0.2) is 75.2 Å². The number of carbonyl (C=O) groups is 5. The van der Waals surface area contributed by atoms with E-state index in [4.69, 9.17) is 17.2 Å². The lowest BCUT2D eigenvalue weighted by molar-refractivity contribution is -0.166. The molecule has 41 heavy (non-hydrogen) atoms. The Morgan fingerprint density at radius 1 is 1.17 bits per heavy atom. The summed E-state index contributed by atoms with van der Waals surface area (Å²) >= 11 is 0. The summed E-state index contributed by atoms with van der Waals surface area (Å²) in [5.41, 5.74) is 14.8. The lowest BCUT2D eigenvalue weighted by Gasteiger charge is -2.60. The van der Waals surface area contributed by atoms with Gasteiger partial charge >= 0.3 is 0 Å². The number of hydrogen-bond donors (Lipinski definition) is 4. The van der Waals surface area contributed by atoms with Crippen LogP contribution in [0.3, 0.4) is 0 Å². The van der Waals surface area contributed by atoms with Gasteiger partial charge in [0, 0.05) is 23.5 Å². The lowest BCUT2D eigenvalue weighted by Crippen LogP contribution is -2.85. The second-order valence-corrected chi connectivity index (χ2v) is 11.5. The monoisotopic (exact) mass is 558 g/mol. The largest absolute Gasteiger partial charge is 0.507 e. The highest BCUT2D eigenvalue weighted by molar-refractivity contribution is 6.33. The average Bonchev–Trinajstić information content (AvgIpc) is 2.87. The van der Waals surface area contributed by atoms with E-state index >= 15 is 0 Å². The number of nitrogens with two attached hydrogens (primary N) is 3. The van der Waals surface area contributed by atoms with E-state index in [1.807, 2.05) is 13.0 Å². The van der Waals surface area contributed by atoms with Crippen molar-refractivity contribution in [3.8, 4) is 22.9 Å². The molecule has 0 aliphatic heterocycles. The fraction of sp³-hybridized carbons (Fsp3) is 0.414. The average molecular weight is 559 g/mol. The molecule has 1 amide bonds. The van der Waals surface area contributed by atoms with Crippen LogP contribution in [0.4, 0.5) is 0 Å². The van der Waals surface area contributed by atoms with Gasteiger partial charge in [-0.2, -0.15) is 5.26 Å². The van der Waals surface area contributed by atoms with Crippen LogP contribution >= 0.6 is 0 Å². The van der Waals surface area contributed by atoms with Crippen LogP contribution in [0, 0.1) is 28.6 Å². The Kier molecular flexibility index (Phi) is 6.27. The van der Waals surface area contributed by atoms with Gasteiger partial charge in [-0.1, -0.05) is 13.0 Å². The molecule has 5 rings (SSSR count). The van der Waals surface area contributed by atoms with E-state index in [2.05, 4.69) is 4.98 Å². The Hall–Kier alpha value is -4.31. The van der Waals surface area contributed by atoms with Crippen LogP contribution < -0.4 is 17.2 Å². The number of hydrogen-bond acceptors (Lipinski definition) is 11. The van der Waals surface area contributed by atoms with E-state index in [0.29, 0.717) is 23.1 Å². The van der Waals surface area contributed by atoms with Gasteiger partial charge in [0.15, 0.2) is 34.5 Å². The van der Waals surface area contributed by atoms with Gasteiger partial charge in [0.05, 0.1) is 23.2 Å². The van der Waals surface area contributed by atoms with E-state index < -0.39 is 75.6 Å². The lowest BCUT2D eigenvalue weighted by atomic mass is 9.42. The van der Waals surface area contributed by atoms with Gasteiger partial charge in [-0.25, -0.2) is 0 Å². The van der Waals surface area contributed by atoms with Crippen molar-refractivity contribution in [3.63, 3.8) is 0 Å². The smallest absolute Gasteiger partial charge is 0.235 e. The molecule has 7 N–H and O–H groups in total. The zero-order valence-corrected chi connectivity index (χ0v) is 22.8. The summed E-state index contributed by atoms with van der Waals surface area (Å²) in [6.07, 6.45) is 3.40. The minimum atomic E-state index is -2.77. The van der Waals surface area contributed by atoms with E-state index in [1.165, 1.54) is 25.1 Å². The van der Waals surface area contributed by atoms with E-state index in [-0.39, 0.29) is 12.0 Å². The maximum absolute atomic E-state index is 14.4. The first-order valence-corrected chi connectivity index (χ1v) is 13.1. The number of fused-ring (bicyclic) bond motifs is 3. The normalized spacial score (nSPS) is 32.7. The molecule has 2 fully saturated rings. The fourth-order valence-corrected chi connectivity index (χ4v) is 7.31. The van der Waals surface area contributed by atoms with Gasteiger partial charge < -0.3 is 22.3 Å². The van der Waals surface area contributed by atoms with Crippen LogP contribution in [0.1, 0.15) is 34.8 Å². The van der Waals surface area contributed by atoms with Crippen LogP contribution in [-0.2, 0) is 32.0 Å². The van der Waals surface area contributed by atoms with Crippen molar-refractivity contribution in [2.24, 2.45) is 34.5 Å². The number of aromatic hydroxyl groups is 1. The zero-order chi connectivity index (χ0) is 30.2. The summed E-state index contributed by atoms with van der Waals surface area (Å²) < 4.78 is 0. The molecule has 1 aromatic heterocycles. The number of phenolic OH excluding ortho intramolecular Hbond substituents is 1. The molecule has 0 spiro atoms. The molecule has 0 saturated heterocycles. The first-order chi connectivity index (χ1) is 19.2. The molecule has 2 saturated carbocycles. The molecule has 2 unspecified atom stereocenters. The number of aromatic nitrogens is 1. The number of primary amides is 1. The molecule has 0 radical (unpaired) electrons. The third-order valence-electron chi connectivity index (χ3n) is 8.99. The van der Waals surface area contributed by atoms with Gasteiger partial charge in [-0.05, 0) is 62.2 Å². The van der Waals surface area contributed by atoms with Crippen molar-refractivity contribution in [2.45, 2.75) is 43.3 Å². The molecule has 6 atom stereocenters. The number of rotatable bonds is 4. The molecule has 3 aliphatic carbocycles. The van der Waals surface area contributed by atoms with E-state index in [9.17, 15) is 34.3 Å². The highest BCUT2D eigenvalue weighted by atomic mass is 16.3. The molecule has 1 heterocycles. The predicted molar refractivity (Wildman–Crippen MR) is 144 cm³/mol. The van der Waals surface area contributed by atoms with Crippen LogP contribution in [0.5, 0.6) is 5.75 Å². The van der Waals surface area contributed by atoms with Crippen molar-refractivity contribution < 1.29 is 29.1 Å². The number of nitrogens with zero attached hydrogens (tertiary/aromatic N) is 3. The fourth-order valence-electron chi connectivity index (χ4n) is 7.31. The Labute approximate surface area is 235 Å². The summed E-state index contributed by atoms with van der Waals surface area (Å²) in [4.78, 5) is 73.7. The Morgan fingerprint density at radius 2 is 1.85 bits per heavy atom. The molecule has 12 nitrogen and oxygen atoms in total. The molecule has 1 aromatic carbocycles. The second-order valence-electron chi connectivity index (χ2n) is 11.5. The molecule has 0 bridgehead atoms. The van der Waals surface area contributed by atoms with Crippen molar-refractivity contribution in [3.05, 3.63) is 47.3 Å². The second kappa shape index (κ2) is 9.10. The third-order valence-corrected chi connectivity index (χ3v) is 8.99. The Bertz CT molecular complexity index is 1610. The van der Waals surface area contributed by atoms with Gasteiger partial charge in [-0.15, -0.1) is 0 Å². The minimum absolute atomic E-state index is 0.146. The molecular formula is C29H30N6O6. The molecule has 212 valence electrons. The number of Topliss-reactive ketones (excluding diaryl/α,β-unsaturated/α-hetero) is 4. The van der Waals surface area contributed by atoms with Gasteiger partial charge in [0.25, 0.3) is 0 Å². The van der Waals surface area contributed by atoms with Crippen molar-refractivity contribution in [2.75, 3.05) is 14.1 Å². The molecule has 12 heteroatoms. The standard InChI is InChI=1S/C29H30N6O6/c1-4-13-7-14(10-34-9-13)15-5-6-17(36)18-16(15)8-27(32)11-29(33)23(35(2)3)22(38)19(26(31)41)24(39)28(29,12-30)25(40)20(27)21(18)37/h5-7,9-10,19-20,23,36H,4,8,11,32-33H2,1-3H3,(H2,31,41)/t19?,20?,23-,27-,28+,29-/m1/s1. The number of ketones is 4. The molecule has 2 aromatic rings. The minimum Gasteiger partial charge on any atom is -0.507 e. The number of benzene rings is 1. The summed E-state index contributed by atoms with van der Waals surface area (Å²) in [6.45, 7) is 1.96. The van der Waals surface area contributed by atoms with E-state index in [0.717, 1.165) is 5.56 Å². The maximum atomic E-state index is 14.4. The number of pyridine rings is 1. The quantitative estimate of drug-likeness (QED) is 0.348. The van der Waals surface area contributed by atoms with E-state index in [1.54, 1.807) is 24.5 Å². The number of likely N-dealkylation sites (N-methyl/N-ethyl adjacent to an activating group) is 1. The van der Waals surface area contributed by atoms with Crippen molar-refractivity contribution >= 4 is 29.0 Å². The summed E-state index contributed by atoms with van der Waals surface area (Å²) in [5, 5.41) is 21.3. The van der Waals surface area contributed by atoms with Crippen molar-refractivity contribution in [1.29, 1.82) is 5.26 Å². The summed E-state index contributed by atoms with van der Waals surface area (Å²) in [5.74, 6) is -9.99. The SMILES string of the molecule is CCc1cncc(-c2ccc(O)c3c2C[C@@]2(N)C[C@@]4(N)[C@H](N(C)C)C(=O)C(C(N)=O)C(=O)[C@@]4(C#N)C(=O)C2C3=O)c1. The van der Waals surface area contributed by atoms with Crippen LogP contribution in [0.15, 0.2) is 30.6 Å². The predicted octanol–water partition coefficient (Wildman–Crippen LogP) is -0.567. The zero-order valence-electron chi connectivity index (χ0n) is 22.8. The topological polar surface area (TPSA) is 224 Å². The summed E-state index contributed by atoms with van der Waals surface area (Å²) in [6, 6.07) is 5.08. The van der Waals surface area contributed by atoms with Crippen molar-refractivity contribution in [1.82, 2.24) is 9.88 Å². The number of amides is 1.